The van der Waals surface area contributed by atoms with Crippen LogP contribution in [0.1, 0.15) is 0 Å². The molecule has 5 heteroatoms. The van der Waals surface area contributed by atoms with Gasteiger partial charge in [0.25, 0.3) is 0 Å². The van der Waals surface area contributed by atoms with Gasteiger partial charge in [-0.05, 0) is 34.1 Å². The highest BCUT2D eigenvalue weighted by molar-refractivity contribution is 9.11. The Balaban J connectivity index is 2.52. The number of halogens is 2. The van der Waals surface area contributed by atoms with E-state index in [2.05, 4.69) is 49.1 Å². The van der Waals surface area contributed by atoms with Gasteiger partial charge in [-0.3, -0.25) is 4.79 Å². The molecule has 0 fully saturated rings. The van der Waals surface area contributed by atoms with Crippen molar-refractivity contribution in [2.45, 2.75) is 0 Å². The first-order valence-electron chi connectivity index (χ1n) is 4.70. The predicted molar refractivity (Wildman–Crippen MR) is 73.5 cm³/mol. The zero-order chi connectivity index (χ0) is 12.0. The zero-order valence-electron chi connectivity index (χ0n) is 8.59. The molecule has 0 radical (unpaired) electrons. The first kappa shape index (κ1) is 13.4. The second kappa shape index (κ2) is 6.83. The summed E-state index contributed by atoms with van der Waals surface area (Å²) in [4.78, 5) is 11.5. The maximum absolute atomic E-state index is 11.5. The average Bonchev–Trinajstić information content (AvgIpc) is 2.23. The first-order valence-corrected chi connectivity index (χ1v) is 6.28. The lowest BCUT2D eigenvalue weighted by atomic mass is 10.3. The van der Waals surface area contributed by atoms with Crippen molar-refractivity contribution in [3.05, 3.63) is 39.8 Å². The third-order valence-corrected chi connectivity index (χ3v) is 2.93. The fourth-order valence-corrected chi connectivity index (χ4v) is 2.22. The molecule has 0 aliphatic carbocycles. The average molecular weight is 348 g/mol. The molecule has 1 rings (SSSR count). The molecular formula is C11H12Br2N2O. The fraction of sp³-hybridized carbons (Fsp3) is 0.182. The van der Waals surface area contributed by atoms with Gasteiger partial charge in [0, 0.05) is 15.5 Å². The van der Waals surface area contributed by atoms with Gasteiger partial charge in [0.15, 0.2) is 0 Å². The molecule has 0 aromatic heterocycles. The van der Waals surface area contributed by atoms with E-state index < -0.39 is 0 Å². The van der Waals surface area contributed by atoms with Crippen LogP contribution in [0, 0.1) is 0 Å². The van der Waals surface area contributed by atoms with E-state index in [1.54, 1.807) is 6.08 Å². The number of anilines is 1. The van der Waals surface area contributed by atoms with Crippen LogP contribution >= 0.6 is 31.9 Å². The second-order valence-corrected chi connectivity index (χ2v) is 4.86. The van der Waals surface area contributed by atoms with E-state index in [0.29, 0.717) is 6.54 Å². The summed E-state index contributed by atoms with van der Waals surface area (Å²) in [6, 6.07) is 5.59. The van der Waals surface area contributed by atoms with Crippen molar-refractivity contribution in [3.8, 4) is 0 Å². The van der Waals surface area contributed by atoms with Crippen LogP contribution in [0.5, 0.6) is 0 Å². The van der Waals surface area contributed by atoms with E-state index in [0.717, 1.165) is 14.6 Å². The minimum Gasteiger partial charge on any atom is -0.324 e. The van der Waals surface area contributed by atoms with Gasteiger partial charge < -0.3 is 10.6 Å². The number of benzene rings is 1. The van der Waals surface area contributed by atoms with Crippen LogP contribution in [-0.4, -0.2) is 19.0 Å². The molecule has 1 aromatic rings. The third-order valence-electron chi connectivity index (χ3n) is 1.78. The summed E-state index contributed by atoms with van der Waals surface area (Å²) in [6.45, 7) is 4.45. The van der Waals surface area contributed by atoms with E-state index in [1.807, 2.05) is 18.2 Å². The van der Waals surface area contributed by atoms with Gasteiger partial charge in [-0.25, -0.2) is 0 Å². The van der Waals surface area contributed by atoms with E-state index in [4.69, 9.17) is 0 Å². The molecule has 3 nitrogen and oxygen atoms in total. The summed E-state index contributed by atoms with van der Waals surface area (Å²) in [5.74, 6) is -0.0788. The monoisotopic (exact) mass is 346 g/mol. The summed E-state index contributed by atoms with van der Waals surface area (Å²) in [7, 11) is 0. The molecule has 2 N–H and O–H groups in total. The molecule has 86 valence electrons. The molecule has 1 amide bonds. The van der Waals surface area contributed by atoms with E-state index in [9.17, 15) is 4.79 Å². The molecule has 0 spiro atoms. The molecule has 0 atom stereocenters. The van der Waals surface area contributed by atoms with Crippen LogP contribution in [0.15, 0.2) is 39.8 Å². The highest BCUT2D eigenvalue weighted by Gasteiger charge is 2.04. The van der Waals surface area contributed by atoms with Crippen LogP contribution in [0.4, 0.5) is 5.69 Å². The number of hydrogen-bond donors (Lipinski definition) is 2. The second-order valence-electron chi connectivity index (χ2n) is 3.09. The number of carbonyl (C=O) groups is 1. The first-order chi connectivity index (χ1) is 7.63. The van der Waals surface area contributed by atoms with Gasteiger partial charge in [0.1, 0.15) is 0 Å². The standard InChI is InChI=1S/C11H12Br2N2O/c1-2-5-14-7-11(16)15-10-4-3-8(12)6-9(10)13/h2-4,6,14H,1,5,7H2,(H,15,16). The number of nitrogens with one attached hydrogen (secondary N) is 2. The molecule has 0 aliphatic heterocycles. The molecule has 0 unspecified atom stereocenters. The van der Waals surface area contributed by atoms with Gasteiger partial charge in [-0.2, -0.15) is 0 Å². The van der Waals surface area contributed by atoms with Gasteiger partial charge >= 0.3 is 0 Å². The molecule has 0 saturated heterocycles. The van der Waals surface area contributed by atoms with Crippen LogP contribution in [-0.2, 0) is 4.79 Å². The lowest BCUT2D eigenvalue weighted by Crippen LogP contribution is -2.28. The van der Waals surface area contributed by atoms with Crippen molar-refractivity contribution in [3.63, 3.8) is 0 Å². The molecule has 0 bridgehead atoms. The molecule has 1 aromatic carbocycles. The van der Waals surface area contributed by atoms with Crippen molar-refractivity contribution in [1.82, 2.24) is 5.32 Å². The maximum atomic E-state index is 11.5. The smallest absolute Gasteiger partial charge is 0.238 e. The van der Waals surface area contributed by atoms with Crippen molar-refractivity contribution in [2.24, 2.45) is 0 Å². The number of carbonyl (C=O) groups excluding carboxylic acids is 1. The molecule has 0 aliphatic rings. The van der Waals surface area contributed by atoms with Crippen molar-refractivity contribution in [1.29, 1.82) is 0 Å². The Labute approximate surface area is 112 Å². The van der Waals surface area contributed by atoms with Crippen molar-refractivity contribution >= 4 is 43.5 Å². The molecular weight excluding hydrogens is 336 g/mol. The Kier molecular flexibility index (Phi) is 5.73. The number of rotatable bonds is 5. The summed E-state index contributed by atoms with van der Waals surface area (Å²) in [6.07, 6.45) is 1.71. The van der Waals surface area contributed by atoms with E-state index >= 15 is 0 Å². The quantitative estimate of drug-likeness (QED) is 0.635. The van der Waals surface area contributed by atoms with Crippen LogP contribution < -0.4 is 10.6 Å². The molecule has 0 saturated carbocycles. The summed E-state index contributed by atoms with van der Waals surface area (Å²) < 4.78 is 1.81. The van der Waals surface area contributed by atoms with Gasteiger partial charge in [-0.1, -0.05) is 22.0 Å². The highest BCUT2D eigenvalue weighted by Crippen LogP contribution is 2.25. The lowest BCUT2D eigenvalue weighted by molar-refractivity contribution is -0.115. The maximum Gasteiger partial charge on any atom is 0.238 e. The fourth-order valence-electron chi connectivity index (χ4n) is 1.07. The van der Waals surface area contributed by atoms with Crippen molar-refractivity contribution in [2.75, 3.05) is 18.4 Å². The Morgan fingerprint density at radius 3 is 2.81 bits per heavy atom. The third kappa shape index (κ3) is 4.47. The largest absolute Gasteiger partial charge is 0.324 e. The Hall–Kier alpha value is -0.650. The number of amides is 1. The van der Waals surface area contributed by atoms with Crippen LogP contribution in [0.3, 0.4) is 0 Å². The normalized spacial score (nSPS) is 9.88. The van der Waals surface area contributed by atoms with Crippen molar-refractivity contribution < 1.29 is 4.79 Å². The van der Waals surface area contributed by atoms with E-state index in [-0.39, 0.29) is 12.5 Å². The Morgan fingerprint density at radius 1 is 1.44 bits per heavy atom. The molecule has 16 heavy (non-hydrogen) atoms. The zero-order valence-corrected chi connectivity index (χ0v) is 11.8. The van der Waals surface area contributed by atoms with Crippen LogP contribution in [0.2, 0.25) is 0 Å². The topological polar surface area (TPSA) is 41.1 Å². The Morgan fingerprint density at radius 2 is 2.19 bits per heavy atom. The van der Waals surface area contributed by atoms with Gasteiger partial charge in [0.05, 0.1) is 12.2 Å². The summed E-state index contributed by atoms with van der Waals surface area (Å²) in [5.41, 5.74) is 0.758. The van der Waals surface area contributed by atoms with Gasteiger partial charge in [0.2, 0.25) is 5.91 Å². The van der Waals surface area contributed by atoms with E-state index in [1.165, 1.54) is 0 Å². The minimum absolute atomic E-state index is 0.0788. The summed E-state index contributed by atoms with van der Waals surface area (Å²) in [5, 5.41) is 5.72. The SMILES string of the molecule is C=CCNCC(=O)Nc1ccc(Br)cc1Br. The Bertz CT molecular complexity index is 394. The van der Waals surface area contributed by atoms with Crippen LogP contribution in [0.25, 0.3) is 0 Å². The summed E-state index contributed by atoms with van der Waals surface area (Å²) >= 11 is 6.72. The minimum atomic E-state index is -0.0788. The number of hydrogen-bond acceptors (Lipinski definition) is 2. The predicted octanol–water partition coefficient (Wildman–Crippen LogP) is 2.93. The molecule has 0 heterocycles. The lowest BCUT2D eigenvalue weighted by Gasteiger charge is -2.07. The highest BCUT2D eigenvalue weighted by atomic mass is 79.9. The van der Waals surface area contributed by atoms with Gasteiger partial charge in [-0.15, -0.1) is 6.58 Å².